The van der Waals surface area contributed by atoms with Gasteiger partial charge in [-0.05, 0) is 38.0 Å². The number of nitrogens with one attached hydrogen (secondary N) is 1. The maximum absolute atomic E-state index is 12.1. The molecule has 0 spiro atoms. The third-order valence-electron chi connectivity index (χ3n) is 3.05. The minimum atomic E-state index is -0.485. The minimum absolute atomic E-state index is 0.00160. The molecular weight excluding hydrogens is 254 g/mol. The second kappa shape index (κ2) is 6.07. The molecule has 0 saturated heterocycles. The van der Waals surface area contributed by atoms with Gasteiger partial charge in [-0.15, -0.1) is 0 Å². The summed E-state index contributed by atoms with van der Waals surface area (Å²) in [6, 6.07) is 4.22. The number of carbonyl (C=O) groups excluding carboxylic acids is 1. The number of aliphatic hydroxyl groups is 1. The molecule has 5 heteroatoms. The lowest BCUT2D eigenvalue weighted by Gasteiger charge is -2.29. The van der Waals surface area contributed by atoms with Crippen molar-refractivity contribution < 1.29 is 15.0 Å². The molecule has 0 aliphatic heterocycles. The van der Waals surface area contributed by atoms with Crippen LogP contribution in [0.1, 0.15) is 37.0 Å². The van der Waals surface area contributed by atoms with Crippen molar-refractivity contribution >= 4 is 17.5 Å². The van der Waals surface area contributed by atoms with E-state index >= 15 is 0 Å². The molecule has 0 aliphatic rings. The van der Waals surface area contributed by atoms with Gasteiger partial charge in [-0.3, -0.25) is 4.79 Å². The van der Waals surface area contributed by atoms with E-state index in [2.05, 4.69) is 5.32 Å². The van der Waals surface area contributed by atoms with Crippen LogP contribution >= 0.6 is 11.6 Å². The molecule has 1 unspecified atom stereocenters. The molecule has 0 aliphatic carbocycles. The summed E-state index contributed by atoms with van der Waals surface area (Å²) >= 11 is 5.92. The zero-order valence-corrected chi connectivity index (χ0v) is 11.3. The standard InChI is InChI=1S/C13H18ClNO3/c1-3-13(2,6-7-16)15-12(18)10-8-9(17)4-5-11(10)14/h4-5,8,16-17H,3,6-7H2,1-2H3,(H,15,18). The van der Waals surface area contributed by atoms with Gasteiger partial charge in [0.2, 0.25) is 0 Å². The number of halogens is 1. The first-order valence-corrected chi connectivity index (χ1v) is 6.21. The van der Waals surface area contributed by atoms with Crippen molar-refractivity contribution in [1.29, 1.82) is 0 Å². The largest absolute Gasteiger partial charge is 0.508 e. The van der Waals surface area contributed by atoms with Crippen LogP contribution in [0.3, 0.4) is 0 Å². The number of aliphatic hydroxyl groups excluding tert-OH is 1. The van der Waals surface area contributed by atoms with E-state index in [1.807, 2.05) is 13.8 Å². The molecule has 0 saturated carbocycles. The van der Waals surface area contributed by atoms with E-state index in [-0.39, 0.29) is 28.8 Å². The highest BCUT2D eigenvalue weighted by Gasteiger charge is 2.25. The van der Waals surface area contributed by atoms with Gasteiger partial charge in [-0.25, -0.2) is 0 Å². The highest BCUT2D eigenvalue weighted by Crippen LogP contribution is 2.23. The summed E-state index contributed by atoms with van der Waals surface area (Å²) in [4.78, 5) is 12.1. The van der Waals surface area contributed by atoms with E-state index in [1.165, 1.54) is 18.2 Å². The maximum atomic E-state index is 12.1. The number of benzene rings is 1. The molecule has 0 aromatic heterocycles. The van der Waals surface area contributed by atoms with Crippen molar-refractivity contribution in [2.75, 3.05) is 6.61 Å². The van der Waals surface area contributed by atoms with Crippen molar-refractivity contribution in [1.82, 2.24) is 5.32 Å². The number of rotatable bonds is 5. The van der Waals surface area contributed by atoms with E-state index in [1.54, 1.807) is 0 Å². The maximum Gasteiger partial charge on any atom is 0.253 e. The van der Waals surface area contributed by atoms with Gasteiger partial charge in [-0.1, -0.05) is 18.5 Å². The fourth-order valence-electron chi connectivity index (χ4n) is 1.60. The number of amides is 1. The van der Waals surface area contributed by atoms with Crippen molar-refractivity contribution in [3.05, 3.63) is 28.8 Å². The van der Waals surface area contributed by atoms with Crippen LogP contribution in [0.25, 0.3) is 0 Å². The lowest BCUT2D eigenvalue weighted by atomic mass is 9.94. The van der Waals surface area contributed by atoms with Gasteiger partial charge >= 0.3 is 0 Å². The summed E-state index contributed by atoms with van der Waals surface area (Å²) in [5.41, 5.74) is -0.255. The average molecular weight is 272 g/mol. The quantitative estimate of drug-likeness (QED) is 0.770. The Balaban J connectivity index is 2.90. The normalized spacial score (nSPS) is 14.0. The van der Waals surface area contributed by atoms with Crippen LogP contribution in [0.4, 0.5) is 0 Å². The molecule has 0 radical (unpaired) electrons. The number of aromatic hydroxyl groups is 1. The zero-order valence-electron chi connectivity index (χ0n) is 10.5. The Kier molecular flexibility index (Phi) is 4.99. The molecule has 1 aromatic carbocycles. The molecule has 18 heavy (non-hydrogen) atoms. The molecule has 0 heterocycles. The average Bonchev–Trinajstić information content (AvgIpc) is 2.32. The van der Waals surface area contributed by atoms with Gasteiger partial charge in [-0.2, -0.15) is 0 Å². The molecule has 1 rings (SSSR count). The smallest absolute Gasteiger partial charge is 0.253 e. The molecular formula is C13H18ClNO3. The first kappa shape index (κ1) is 14.8. The second-order valence-corrected chi connectivity index (χ2v) is 4.91. The van der Waals surface area contributed by atoms with Gasteiger partial charge in [0.25, 0.3) is 5.91 Å². The van der Waals surface area contributed by atoms with E-state index in [4.69, 9.17) is 16.7 Å². The predicted octanol–water partition coefficient (Wildman–Crippen LogP) is 2.33. The minimum Gasteiger partial charge on any atom is -0.508 e. The highest BCUT2D eigenvalue weighted by atomic mass is 35.5. The molecule has 4 nitrogen and oxygen atoms in total. The van der Waals surface area contributed by atoms with Gasteiger partial charge in [0.1, 0.15) is 5.75 Å². The van der Waals surface area contributed by atoms with E-state index in [0.29, 0.717) is 12.8 Å². The Labute approximate surface area is 112 Å². The van der Waals surface area contributed by atoms with Gasteiger partial charge < -0.3 is 15.5 Å². The zero-order chi connectivity index (χ0) is 13.8. The molecule has 100 valence electrons. The van der Waals surface area contributed by atoms with Crippen LogP contribution in [-0.4, -0.2) is 28.3 Å². The fourth-order valence-corrected chi connectivity index (χ4v) is 1.81. The summed E-state index contributed by atoms with van der Waals surface area (Å²) in [7, 11) is 0. The molecule has 1 atom stereocenters. The molecule has 0 fully saturated rings. The topological polar surface area (TPSA) is 69.6 Å². The third-order valence-corrected chi connectivity index (χ3v) is 3.38. The van der Waals surface area contributed by atoms with E-state index in [0.717, 1.165) is 0 Å². The summed E-state index contributed by atoms with van der Waals surface area (Å²) < 4.78 is 0. The molecule has 3 N–H and O–H groups in total. The van der Waals surface area contributed by atoms with Crippen LogP contribution in [0.2, 0.25) is 5.02 Å². The Bertz CT molecular complexity index is 436. The fraction of sp³-hybridized carbons (Fsp3) is 0.462. The van der Waals surface area contributed by atoms with Crippen molar-refractivity contribution in [2.24, 2.45) is 0 Å². The van der Waals surface area contributed by atoms with Crippen LogP contribution in [0.5, 0.6) is 5.75 Å². The number of hydrogen-bond donors (Lipinski definition) is 3. The summed E-state index contributed by atoms with van der Waals surface area (Å²) in [6.07, 6.45) is 1.15. The van der Waals surface area contributed by atoms with Crippen LogP contribution in [0.15, 0.2) is 18.2 Å². The predicted molar refractivity (Wildman–Crippen MR) is 71.0 cm³/mol. The van der Waals surface area contributed by atoms with Crippen LogP contribution < -0.4 is 5.32 Å². The van der Waals surface area contributed by atoms with Crippen molar-refractivity contribution in [2.45, 2.75) is 32.2 Å². The Morgan fingerprint density at radius 1 is 1.50 bits per heavy atom. The van der Waals surface area contributed by atoms with Gasteiger partial charge in [0.05, 0.1) is 10.6 Å². The summed E-state index contributed by atoms with van der Waals surface area (Å²) in [5, 5.41) is 21.5. The lowest BCUT2D eigenvalue weighted by Crippen LogP contribution is -2.46. The summed E-state index contributed by atoms with van der Waals surface area (Å²) in [5.74, 6) is -0.362. The Morgan fingerprint density at radius 2 is 2.17 bits per heavy atom. The second-order valence-electron chi connectivity index (χ2n) is 4.51. The highest BCUT2D eigenvalue weighted by molar-refractivity contribution is 6.33. The SMILES string of the molecule is CCC(C)(CCO)NC(=O)c1cc(O)ccc1Cl. The number of phenolic OH excluding ortho intramolecular Hbond substituents is 1. The Morgan fingerprint density at radius 3 is 2.72 bits per heavy atom. The first-order valence-electron chi connectivity index (χ1n) is 5.84. The van der Waals surface area contributed by atoms with Gasteiger partial charge in [0.15, 0.2) is 0 Å². The van der Waals surface area contributed by atoms with Gasteiger partial charge in [0, 0.05) is 12.1 Å². The molecule has 1 amide bonds. The van der Waals surface area contributed by atoms with Crippen LogP contribution in [-0.2, 0) is 0 Å². The molecule has 0 bridgehead atoms. The summed E-state index contributed by atoms with van der Waals surface area (Å²) in [6.45, 7) is 3.79. The third kappa shape index (κ3) is 3.62. The Hall–Kier alpha value is -1.26. The monoisotopic (exact) mass is 271 g/mol. The lowest BCUT2D eigenvalue weighted by molar-refractivity contribution is 0.0886. The van der Waals surface area contributed by atoms with Crippen LogP contribution in [0, 0.1) is 0 Å². The number of phenols is 1. The first-order chi connectivity index (χ1) is 8.41. The molecule has 1 aromatic rings. The van der Waals surface area contributed by atoms with Crippen molar-refractivity contribution in [3.8, 4) is 5.75 Å². The van der Waals surface area contributed by atoms with E-state index < -0.39 is 5.54 Å². The number of carbonyl (C=O) groups is 1. The van der Waals surface area contributed by atoms with E-state index in [9.17, 15) is 9.90 Å². The number of hydrogen-bond acceptors (Lipinski definition) is 3. The van der Waals surface area contributed by atoms with Crippen molar-refractivity contribution in [3.63, 3.8) is 0 Å².